The van der Waals surface area contributed by atoms with Crippen LogP contribution in [0.3, 0.4) is 0 Å². The molecule has 0 atom stereocenters. The molecule has 2 aromatic carbocycles. The summed E-state index contributed by atoms with van der Waals surface area (Å²) in [5.41, 5.74) is 2.00. The molecular weight excluding hydrogens is 510 g/mol. The van der Waals surface area contributed by atoms with Crippen LogP contribution in [-0.2, 0) is 16.6 Å². The van der Waals surface area contributed by atoms with Gasteiger partial charge in [-0.25, -0.2) is 18.1 Å². The lowest BCUT2D eigenvalue weighted by atomic mass is 10.0. The number of ether oxygens (including phenoxy) is 2. The number of rotatable bonds is 12. The number of ketones is 1. The van der Waals surface area contributed by atoms with Crippen molar-refractivity contribution in [3.8, 4) is 21.9 Å². The highest BCUT2D eigenvalue weighted by Gasteiger charge is 2.15. The maximum atomic E-state index is 12.8. The Morgan fingerprint density at radius 3 is 2.54 bits per heavy atom. The molecule has 4 aromatic rings. The molecule has 0 saturated heterocycles. The molecule has 0 fully saturated rings. The Morgan fingerprint density at radius 1 is 1.11 bits per heavy atom. The number of benzene rings is 2. The molecule has 0 amide bonds. The maximum absolute atomic E-state index is 12.8. The van der Waals surface area contributed by atoms with Gasteiger partial charge in [0.15, 0.2) is 5.78 Å². The van der Waals surface area contributed by atoms with Crippen LogP contribution in [0.5, 0.6) is 11.5 Å². The number of allylic oxidation sites excluding steroid dienone is 1. The average molecular weight is 538 g/mol. The van der Waals surface area contributed by atoms with Crippen molar-refractivity contribution in [2.45, 2.75) is 17.9 Å². The third-order valence-electron chi connectivity index (χ3n) is 5.65. The molecule has 192 valence electrons. The molecule has 37 heavy (non-hydrogen) atoms. The highest BCUT2D eigenvalue weighted by atomic mass is 32.2. The summed E-state index contributed by atoms with van der Waals surface area (Å²) in [6.45, 7) is 0.956. The summed E-state index contributed by atoms with van der Waals surface area (Å²) in [4.78, 5) is 17.9. The van der Waals surface area contributed by atoms with Crippen molar-refractivity contribution in [1.29, 1.82) is 0 Å². The van der Waals surface area contributed by atoms with E-state index < -0.39 is 10.0 Å². The van der Waals surface area contributed by atoms with E-state index in [0.717, 1.165) is 16.0 Å². The van der Waals surface area contributed by atoms with Crippen LogP contribution in [0.4, 0.5) is 0 Å². The summed E-state index contributed by atoms with van der Waals surface area (Å²) in [6, 6.07) is 13.6. The van der Waals surface area contributed by atoms with E-state index in [9.17, 15) is 13.2 Å². The van der Waals surface area contributed by atoms with Crippen molar-refractivity contribution in [2.75, 3.05) is 20.8 Å². The molecule has 0 aliphatic heterocycles. The molecule has 0 saturated carbocycles. The van der Waals surface area contributed by atoms with Gasteiger partial charge in [-0.2, -0.15) is 0 Å². The lowest BCUT2D eigenvalue weighted by molar-refractivity contribution is 0.104. The Labute approximate surface area is 220 Å². The average Bonchev–Trinajstić information content (AvgIpc) is 3.64. The highest BCUT2D eigenvalue weighted by Crippen LogP contribution is 2.38. The van der Waals surface area contributed by atoms with Gasteiger partial charge < -0.3 is 14.0 Å². The molecular formula is C27H27N3O5S2. The Bertz CT molecular complexity index is 1460. The van der Waals surface area contributed by atoms with Crippen LogP contribution < -0.4 is 14.2 Å². The molecule has 0 spiro atoms. The number of nitrogens with one attached hydrogen (secondary N) is 1. The summed E-state index contributed by atoms with van der Waals surface area (Å²) in [7, 11) is -0.510. The Kier molecular flexibility index (Phi) is 8.54. The van der Waals surface area contributed by atoms with Gasteiger partial charge in [-0.15, -0.1) is 11.3 Å². The van der Waals surface area contributed by atoms with Crippen molar-refractivity contribution in [3.63, 3.8) is 0 Å². The van der Waals surface area contributed by atoms with Crippen molar-refractivity contribution in [1.82, 2.24) is 14.3 Å². The topological polar surface area (TPSA) is 99.5 Å². The van der Waals surface area contributed by atoms with Crippen molar-refractivity contribution < 1.29 is 22.7 Å². The molecule has 0 bridgehead atoms. The molecule has 8 nitrogen and oxygen atoms in total. The molecule has 4 rings (SSSR count). The van der Waals surface area contributed by atoms with Crippen LogP contribution in [0.1, 0.15) is 22.3 Å². The summed E-state index contributed by atoms with van der Waals surface area (Å²) >= 11 is 1.59. The standard InChI is InChI=1S/C27H27N3O5S2/c1-34-25-18-26(35-2)23(27-5-3-16-36-27)17-21(25)8-11-24(31)20-6-9-22(10-7-20)37(32,33)29-12-4-14-30-15-13-28-19-30/h3,5-11,13,15-19,29H,4,12,14H2,1-2H3/b11-8+. The van der Waals surface area contributed by atoms with E-state index in [2.05, 4.69) is 9.71 Å². The summed E-state index contributed by atoms with van der Waals surface area (Å²) < 4.78 is 40.7. The number of imidazole rings is 1. The zero-order valence-corrected chi connectivity index (χ0v) is 22.1. The van der Waals surface area contributed by atoms with Gasteiger partial charge in [0.2, 0.25) is 10.0 Å². The minimum Gasteiger partial charge on any atom is -0.496 e. The van der Waals surface area contributed by atoms with E-state index in [0.29, 0.717) is 36.6 Å². The first-order valence-electron chi connectivity index (χ1n) is 11.5. The number of carbonyl (C=O) groups is 1. The monoisotopic (exact) mass is 537 g/mol. The maximum Gasteiger partial charge on any atom is 0.240 e. The Hall–Kier alpha value is -3.73. The van der Waals surface area contributed by atoms with Gasteiger partial charge in [0, 0.05) is 53.1 Å². The summed E-state index contributed by atoms with van der Waals surface area (Å²) in [6.07, 6.45) is 8.95. The van der Waals surface area contributed by atoms with E-state index in [1.54, 1.807) is 50.2 Å². The largest absolute Gasteiger partial charge is 0.496 e. The zero-order valence-electron chi connectivity index (χ0n) is 20.5. The van der Waals surface area contributed by atoms with Crippen LogP contribution >= 0.6 is 11.3 Å². The van der Waals surface area contributed by atoms with Crippen LogP contribution in [0, 0.1) is 0 Å². The van der Waals surface area contributed by atoms with Gasteiger partial charge in [-0.3, -0.25) is 4.79 Å². The SMILES string of the molecule is COc1cc(OC)c(-c2cccs2)cc1/C=C/C(=O)c1ccc(S(=O)(=O)NCCCn2ccnc2)cc1. The fourth-order valence-corrected chi connectivity index (χ4v) is 5.53. The second kappa shape index (κ2) is 12.0. The molecule has 1 N–H and O–H groups in total. The molecule has 0 radical (unpaired) electrons. The third kappa shape index (κ3) is 6.53. The first kappa shape index (κ1) is 26.3. The summed E-state index contributed by atoms with van der Waals surface area (Å²) in [5, 5.41) is 1.99. The number of carbonyl (C=O) groups excluding carboxylic acids is 1. The number of aryl methyl sites for hydroxylation is 1. The number of nitrogens with zero attached hydrogens (tertiary/aromatic N) is 2. The van der Waals surface area contributed by atoms with Crippen molar-refractivity contribution in [2.24, 2.45) is 0 Å². The predicted molar refractivity (Wildman–Crippen MR) is 145 cm³/mol. The lowest BCUT2D eigenvalue weighted by Gasteiger charge is -2.12. The van der Waals surface area contributed by atoms with E-state index in [1.807, 2.05) is 34.3 Å². The van der Waals surface area contributed by atoms with E-state index in [1.165, 1.54) is 30.3 Å². The van der Waals surface area contributed by atoms with Crippen LogP contribution in [0.25, 0.3) is 16.5 Å². The fourth-order valence-electron chi connectivity index (χ4n) is 3.71. The summed E-state index contributed by atoms with van der Waals surface area (Å²) in [5.74, 6) is 0.990. The van der Waals surface area contributed by atoms with E-state index in [-0.39, 0.29) is 10.7 Å². The van der Waals surface area contributed by atoms with Crippen LogP contribution in [0.15, 0.2) is 83.6 Å². The number of hydrogen-bond acceptors (Lipinski definition) is 7. The Morgan fingerprint density at radius 2 is 1.89 bits per heavy atom. The minimum absolute atomic E-state index is 0.105. The second-order valence-corrected chi connectivity index (χ2v) is 10.8. The highest BCUT2D eigenvalue weighted by molar-refractivity contribution is 7.89. The third-order valence-corrected chi connectivity index (χ3v) is 8.03. The molecule has 10 heteroatoms. The number of aromatic nitrogens is 2. The molecule has 0 unspecified atom stereocenters. The van der Waals surface area contributed by atoms with E-state index in [4.69, 9.17) is 9.47 Å². The fraction of sp³-hybridized carbons (Fsp3) is 0.185. The molecule has 0 aliphatic carbocycles. The van der Waals surface area contributed by atoms with Gasteiger partial charge >= 0.3 is 0 Å². The van der Waals surface area contributed by atoms with Crippen molar-refractivity contribution >= 4 is 33.2 Å². The van der Waals surface area contributed by atoms with Gasteiger partial charge in [-0.1, -0.05) is 6.07 Å². The molecule has 2 heterocycles. The van der Waals surface area contributed by atoms with Gasteiger partial charge in [0.1, 0.15) is 11.5 Å². The Balaban J connectivity index is 1.44. The first-order chi connectivity index (χ1) is 17.9. The number of hydrogen-bond donors (Lipinski definition) is 1. The van der Waals surface area contributed by atoms with Gasteiger partial charge in [0.25, 0.3) is 0 Å². The normalized spacial score (nSPS) is 11.6. The minimum atomic E-state index is -3.67. The molecule has 0 aliphatic rings. The van der Waals surface area contributed by atoms with Gasteiger partial charge in [-0.05, 0) is 60.4 Å². The quantitative estimate of drug-likeness (QED) is 0.157. The smallest absolute Gasteiger partial charge is 0.240 e. The number of sulfonamides is 1. The zero-order chi connectivity index (χ0) is 26.3. The van der Waals surface area contributed by atoms with E-state index >= 15 is 0 Å². The number of methoxy groups -OCH3 is 2. The lowest BCUT2D eigenvalue weighted by Crippen LogP contribution is -2.25. The predicted octanol–water partition coefficient (Wildman–Crippen LogP) is 4.89. The van der Waals surface area contributed by atoms with Gasteiger partial charge in [0.05, 0.1) is 25.4 Å². The second-order valence-electron chi connectivity index (χ2n) is 8.05. The number of thiophene rings is 1. The van der Waals surface area contributed by atoms with Crippen LogP contribution in [0.2, 0.25) is 0 Å². The van der Waals surface area contributed by atoms with Crippen LogP contribution in [-0.4, -0.2) is 44.5 Å². The molecule has 2 aromatic heterocycles. The first-order valence-corrected chi connectivity index (χ1v) is 13.9. The van der Waals surface area contributed by atoms with Crippen molar-refractivity contribution in [3.05, 3.63) is 89.8 Å².